The Morgan fingerprint density at radius 1 is 0.960 bits per heavy atom. The first-order valence-electron chi connectivity index (χ1n) is 8.26. The molecule has 0 amide bonds. The van der Waals surface area contributed by atoms with Gasteiger partial charge in [-0.2, -0.15) is 13.2 Å². The van der Waals surface area contributed by atoms with Crippen LogP contribution >= 0.6 is 0 Å². The highest BCUT2D eigenvalue weighted by Crippen LogP contribution is 2.31. The Morgan fingerprint density at radius 2 is 1.56 bits per heavy atom. The number of rotatable bonds is 4. The van der Waals surface area contributed by atoms with E-state index < -0.39 is 11.7 Å². The topological polar surface area (TPSA) is 32.7 Å². The fraction of sp³-hybridized carbons (Fsp3) is 0.368. The zero-order chi connectivity index (χ0) is 17.9. The predicted octanol–water partition coefficient (Wildman–Crippen LogP) is 4.71. The highest BCUT2D eigenvalue weighted by atomic mass is 19.4. The molecule has 0 aliphatic carbocycles. The van der Waals surface area contributed by atoms with Crippen molar-refractivity contribution in [2.45, 2.75) is 19.0 Å². The van der Waals surface area contributed by atoms with Gasteiger partial charge in [-0.15, -0.1) is 0 Å². The summed E-state index contributed by atoms with van der Waals surface area (Å²) in [6, 6.07) is 12.0. The lowest BCUT2D eigenvalue weighted by atomic mass is 9.97. The van der Waals surface area contributed by atoms with Crippen LogP contribution < -0.4 is 9.64 Å². The van der Waals surface area contributed by atoms with E-state index in [1.54, 1.807) is 12.1 Å². The number of hydrogen-bond acceptors (Lipinski definition) is 3. The molecule has 2 aromatic rings. The normalized spacial score (nSPS) is 16.0. The van der Waals surface area contributed by atoms with E-state index >= 15 is 0 Å². The third-order valence-electron chi connectivity index (χ3n) is 4.50. The minimum Gasteiger partial charge on any atom is -0.508 e. The van der Waals surface area contributed by atoms with Gasteiger partial charge in [0.15, 0.2) is 0 Å². The summed E-state index contributed by atoms with van der Waals surface area (Å²) in [5.41, 5.74) is 0.418. The maximum Gasteiger partial charge on any atom is 0.416 e. The average molecular weight is 351 g/mol. The van der Waals surface area contributed by atoms with E-state index in [4.69, 9.17) is 4.74 Å². The van der Waals surface area contributed by atoms with Crippen molar-refractivity contribution in [2.24, 2.45) is 5.92 Å². The molecule has 1 fully saturated rings. The number of piperidine rings is 1. The van der Waals surface area contributed by atoms with Crippen molar-refractivity contribution in [1.29, 1.82) is 0 Å². The van der Waals surface area contributed by atoms with Crippen LogP contribution in [0.3, 0.4) is 0 Å². The molecule has 1 N–H and O–H groups in total. The van der Waals surface area contributed by atoms with Crippen LogP contribution in [0.4, 0.5) is 18.9 Å². The lowest BCUT2D eigenvalue weighted by molar-refractivity contribution is -0.137. The Hall–Kier alpha value is -2.37. The van der Waals surface area contributed by atoms with E-state index in [1.165, 1.54) is 12.1 Å². The van der Waals surface area contributed by atoms with Crippen LogP contribution in [0.25, 0.3) is 0 Å². The van der Waals surface area contributed by atoms with Gasteiger partial charge in [0.1, 0.15) is 11.5 Å². The van der Waals surface area contributed by atoms with Crippen LogP contribution in [-0.4, -0.2) is 24.8 Å². The second kappa shape index (κ2) is 7.25. The summed E-state index contributed by atoms with van der Waals surface area (Å²) in [6.07, 6.45) is -2.40. The largest absolute Gasteiger partial charge is 0.508 e. The molecule has 0 unspecified atom stereocenters. The van der Waals surface area contributed by atoms with Gasteiger partial charge in [-0.05, 0) is 67.3 Å². The Kier molecular flexibility index (Phi) is 5.06. The third-order valence-corrected chi connectivity index (χ3v) is 4.50. The van der Waals surface area contributed by atoms with E-state index in [1.807, 2.05) is 12.1 Å². The van der Waals surface area contributed by atoms with Crippen molar-refractivity contribution in [3.8, 4) is 11.5 Å². The second-order valence-electron chi connectivity index (χ2n) is 6.28. The molecule has 3 nitrogen and oxygen atoms in total. The monoisotopic (exact) mass is 351 g/mol. The SMILES string of the molecule is Oc1ccc(N2CCC(COc3ccc(C(F)(F)F)cc3)CC2)cc1. The van der Waals surface area contributed by atoms with Crippen molar-refractivity contribution in [2.75, 3.05) is 24.6 Å². The van der Waals surface area contributed by atoms with Crippen LogP contribution in [0.15, 0.2) is 48.5 Å². The van der Waals surface area contributed by atoms with Crippen LogP contribution in [0.2, 0.25) is 0 Å². The number of anilines is 1. The zero-order valence-electron chi connectivity index (χ0n) is 13.7. The summed E-state index contributed by atoms with van der Waals surface area (Å²) in [5.74, 6) is 1.10. The summed E-state index contributed by atoms with van der Waals surface area (Å²) >= 11 is 0. The van der Waals surface area contributed by atoms with Crippen molar-refractivity contribution in [3.63, 3.8) is 0 Å². The molecule has 0 radical (unpaired) electrons. The number of halogens is 3. The minimum atomic E-state index is -4.32. The predicted molar refractivity (Wildman–Crippen MR) is 90.0 cm³/mol. The van der Waals surface area contributed by atoms with Gasteiger partial charge in [-0.1, -0.05) is 0 Å². The first kappa shape index (κ1) is 17.5. The number of benzene rings is 2. The second-order valence-corrected chi connectivity index (χ2v) is 6.28. The molecule has 6 heteroatoms. The zero-order valence-corrected chi connectivity index (χ0v) is 13.7. The summed E-state index contributed by atoms with van der Waals surface area (Å²) in [5, 5.41) is 9.34. The number of ether oxygens (including phenoxy) is 1. The van der Waals surface area contributed by atoms with Crippen LogP contribution in [0.5, 0.6) is 11.5 Å². The fourth-order valence-electron chi connectivity index (χ4n) is 2.98. The molecule has 0 saturated carbocycles. The Morgan fingerprint density at radius 3 is 2.12 bits per heavy atom. The van der Waals surface area contributed by atoms with Crippen LogP contribution in [-0.2, 0) is 6.18 Å². The van der Waals surface area contributed by atoms with Crippen LogP contribution in [0.1, 0.15) is 18.4 Å². The van der Waals surface area contributed by atoms with Gasteiger partial charge in [0.05, 0.1) is 12.2 Å². The van der Waals surface area contributed by atoms with E-state index in [2.05, 4.69) is 4.90 Å². The van der Waals surface area contributed by atoms with E-state index in [9.17, 15) is 18.3 Å². The Balaban J connectivity index is 1.47. The van der Waals surface area contributed by atoms with Gasteiger partial charge >= 0.3 is 6.18 Å². The first-order valence-corrected chi connectivity index (χ1v) is 8.26. The Labute approximate surface area is 144 Å². The van der Waals surface area contributed by atoms with E-state index in [-0.39, 0.29) is 5.75 Å². The number of phenols is 1. The summed E-state index contributed by atoms with van der Waals surface area (Å²) in [4.78, 5) is 2.26. The molecule has 25 heavy (non-hydrogen) atoms. The lowest BCUT2D eigenvalue weighted by Gasteiger charge is -2.33. The standard InChI is InChI=1S/C19H20F3NO2/c20-19(21,22)15-1-7-18(8-2-15)25-13-14-9-11-23(12-10-14)16-3-5-17(24)6-4-16/h1-8,14,24H,9-13H2. The number of phenolic OH excluding ortho intramolecular Hbond substituents is 1. The smallest absolute Gasteiger partial charge is 0.416 e. The molecule has 3 rings (SSSR count). The molecule has 1 aliphatic heterocycles. The van der Waals surface area contributed by atoms with Gasteiger partial charge in [0.2, 0.25) is 0 Å². The highest BCUT2D eigenvalue weighted by Gasteiger charge is 2.30. The summed E-state index contributed by atoms with van der Waals surface area (Å²) < 4.78 is 43.3. The van der Waals surface area contributed by atoms with Gasteiger partial charge in [0.25, 0.3) is 0 Å². The summed E-state index contributed by atoms with van der Waals surface area (Å²) in [6.45, 7) is 2.30. The van der Waals surface area contributed by atoms with E-state index in [0.717, 1.165) is 43.8 Å². The highest BCUT2D eigenvalue weighted by molar-refractivity contribution is 5.49. The number of nitrogens with zero attached hydrogens (tertiary/aromatic N) is 1. The molecule has 1 heterocycles. The molecule has 0 spiro atoms. The molecule has 0 bridgehead atoms. The Bertz CT molecular complexity index is 675. The first-order chi connectivity index (χ1) is 11.9. The molecular formula is C19H20F3NO2. The molecule has 2 aromatic carbocycles. The van der Waals surface area contributed by atoms with E-state index in [0.29, 0.717) is 18.3 Å². The fourth-order valence-corrected chi connectivity index (χ4v) is 2.98. The number of alkyl halides is 3. The molecule has 0 atom stereocenters. The van der Waals surface area contributed by atoms with Crippen molar-refractivity contribution in [1.82, 2.24) is 0 Å². The maximum atomic E-state index is 12.5. The van der Waals surface area contributed by atoms with Gasteiger partial charge < -0.3 is 14.7 Å². The van der Waals surface area contributed by atoms with Crippen LogP contribution in [0, 0.1) is 5.92 Å². The quantitative estimate of drug-likeness (QED) is 0.866. The molecule has 0 aromatic heterocycles. The molecule has 1 aliphatic rings. The van der Waals surface area contributed by atoms with Gasteiger partial charge in [-0.3, -0.25) is 0 Å². The van der Waals surface area contributed by atoms with Gasteiger partial charge in [-0.25, -0.2) is 0 Å². The molecule has 1 saturated heterocycles. The lowest BCUT2D eigenvalue weighted by Crippen LogP contribution is -2.35. The maximum absolute atomic E-state index is 12.5. The third kappa shape index (κ3) is 4.59. The molecule has 134 valence electrons. The minimum absolute atomic E-state index is 0.253. The van der Waals surface area contributed by atoms with Crippen molar-refractivity contribution >= 4 is 5.69 Å². The average Bonchev–Trinajstić information content (AvgIpc) is 2.61. The summed E-state index contributed by atoms with van der Waals surface area (Å²) in [7, 11) is 0. The molecular weight excluding hydrogens is 331 g/mol. The van der Waals surface area contributed by atoms with Gasteiger partial charge in [0, 0.05) is 18.8 Å². The number of aromatic hydroxyl groups is 1. The number of hydrogen-bond donors (Lipinski definition) is 1. The van der Waals surface area contributed by atoms with Crippen molar-refractivity contribution in [3.05, 3.63) is 54.1 Å². The van der Waals surface area contributed by atoms with Crippen molar-refractivity contribution < 1.29 is 23.0 Å².